The molecule has 1 heterocycles. The van der Waals surface area contributed by atoms with Crippen molar-refractivity contribution in [2.75, 3.05) is 20.2 Å². The summed E-state index contributed by atoms with van der Waals surface area (Å²) in [6.07, 6.45) is 1.83. The van der Waals surface area contributed by atoms with Gasteiger partial charge in [0.1, 0.15) is 12.4 Å². The first kappa shape index (κ1) is 13.6. The Bertz CT molecular complexity index is 482. The highest BCUT2D eigenvalue weighted by Gasteiger charge is 2.01. The minimum Gasteiger partial charge on any atom is -0.492 e. The lowest BCUT2D eigenvalue weighted by Crippen LogP contribution is -2.24. The quantitative estimate of drug-likeness (QED) is 0.794. The number of nitrogens with zero attached hydrogens (tertiary/aromatic N) is 2. The highest BCUT2D eigenvalue weighted by molar-refractivity contribution is 5.26. The van der Waals surface area contributed by atoms with Crippen molar-refractivity contribution < 1.29 is 4.74 Å². The highest BCUT2D eigenvalue weighted by atomic mass is 16.5. The molecular formula is C16H20N2O. The Morgan fingerprint density at radius 2 is 1.89 bits per heavy atom. The monoisotopic (exact) mass is 256 g/mol. The normalized spacial score (nSPS) is 10.7. The Kier molecular flexibility index (Phi) is 4.93. The van der Waals surface area contributed by atoms with Crippen molar-refractivity contribution >= 4 is 0 Å². The lowest BCUT2D eigenvalue weighted by molar-refractivity contribution is 0.231. The van der Waals surface area contributed by atoms with Crippen LogP contribution in [0.1, 0.15) is 11.3 Å². The summed E-state index contributed by atoms with van der Waals surface area (Å²) in [6.45, 7) is 4.49. The van der Waals surface area contributed by atoms with Crippen LogP contribution in [-0.4, -0.2) is 30.1 Å². The number of hydrogen-bond donors (Lipinski definition) is 0. The summed E-state index contributed by atoms with van der Waals surface area (Å²) in [7, 11) is 2.08. The molecule has 0 radical (unpaired) electrons. The van der Waals surface area contributed by atoms with Crippen molar-refractivity contribution in [3.05, 3.63) is 59.9 Å². The van der Waals surface area contributed by atoms with Crippen molar-refractivity contribution in [2.45, 2.75) is 13.5 Å². The predicted molar refractivity (Wildman–Crippen MR) is 77.2 cm³/mol. The van der Waals surface area contributed by atoms with Gasteiger partial charge in [-0.2, -0.15) is 0 Å². The third kappa shape index (κ3) is 4.72. The van der Waals surface area contributed by atoms with Gasteiger partial charge in [-0.15, -0.1) is 0 Å². The van der Waals surface area contributed by atoms with Crippen LogP contribution in [0.25, 0.3) is 0 Å². The van der Waals surface area contributed by atoms with E-state index in [9.17, 15) is 0 Å². The van der Waals surface area contributed by atoms with Gasteiger partial charge in [0.05, 0.1) is 5.69 Å². The number of pyridine rings is 1. The van der Waals surface area contributed by atoms with E-state index >= 15 is 0 Å². The molecule has 0 amide bonds. The number of aromatic nitrogens is 1. The minimum atomic E-state index is 0.687. The third-order valence-corrected chi connectivity index (χ3v) is 2.92. The minimum absolute atomic E-state index is 0.687. The van der Waals surface area contributed by atoms with Gasteiger partial charge in [0.15, 0.2) is 0 Å². The second-order valence-corrected chi connectivity index (χ2v) is 4.72. The molecule has 1 aromatic heterocycles. The average molecular weight is 256 g/mol. The van der Waals surface area contributed by atoms with Crippen LogP contribution in [0.3, 0.4) is 0 Å². The third-order valence-electron chi connectivity index (χ3n) is 2.92. The maximum atomic E-state index is 5.71. The Hall–Kier alpha value is -1.87. The Balaban J connectivity index is 1.72. The summed E-state index contributed by atoms with van der Waals surface area (Å²) >= 11 is 0. The van der Waals surface area contributed by atoms with Crippen LogP contribution in [0, 0.1) is 6.92 Å². The van der Waals surface area contributed by atoms with E-state index in [1.54, 1.807) is 0 Å². The molecule has 3 heteroatoms. The first-order valence-corrected chi connectivity index (χ1v) is 6.52. The number of benzene rings is 1. The zero-order chi connectivity index (χ0) is 13.5. The van der Waals surface area contributed by atoms with E-state index in [0.29, 0.717) is 6.61 Å². The summed E-state index contributed by atoms with van der Waals surface area (Å²) in [5.74, 6) is 0.928. The van der Waals surface area contributed by atoms with Gasteiger partial charge in [0.25, 0.3) is 0 Å². The first-order chi connectivity index (χ1) is 9.24. The molecule has 3 nitrogen and oxygen atoms in total. The van der Waals surface area contributed by atoms with Crippen LogP contribution >= 0.6 is 0 Å². The van der Waals surface area contributed by atoms with Gasteiger partial charge in [-0.3, -0.25) is 9.88 Å². The molecule has 2 rings (SSSR count). The first-order valence-electron chi connectivity index (χ1n) is 6.52. The molecule has 19 heavy (non-hydrogen) atoms. The Morgan fingerprint density at radius 3 is 2.58 bits per heavy atom. The summed E-state index contributed by atoms with van der Waals surface area (Å²) < 4.78 is 5.71. The van der Waals surface area contributed by atoms with E-state index in [-0.39, 0.29) is 0 Å². The van der Waals surface area contributed by atoms with E-state index in [0.717, 1.165) is 24.5 Å². The summed E-state index contributed by atoms with van der Waals surface area (Å²) in [5.41, 5.74) is 2.33. The van der Waals surface area contributed by atoms with Gasteiger partial charge in [0.2, 0.25) is 0 Å². The second kappa shape index (κ2) is 6.90. The molecular weight excluding hydrogens is 236 g/mol. The molecule has 0 atom stereocenters. The maximum Gasteiger partial charge on any atom is 0.119 e. The maximum absolute atomic E-state index is 5.71. The molecule has 0 saturated heterocycles. The van der Waals surface area contributed by atoms with Gasteiger partial charge in [0, 0.05) is 19.3 Å². The van der Waals surface area contributed by atoms with Crippen LogP contribution in [0.2, 0.25) is 0 Å². The van der Waals surface area contributed by atoms with Gasteiger partial charge in [-0.25, -0.2) is 0 Å². The molecule has 0 aliphatic heterocycles. The zero-order valence-electron chi connectivity index (χ0n) is 11.5. The van der Waals surface area contributed by atoms with E-state index < -0.39 is 0 Å². The fourth-order valence-electron chi connectivity index (χ4n) is 1.80. The van der Waals surface area contributed by atoms with Crippen molar-refractivity contribution in [3.63, 3.8) is 0 Å². The Labute approximate surface area is 114 Å². The lowest BCUT2D eigenvalue weighted by Gasteiger charge is -2.16. The zero-order valence-corrected chi connectivity index (χ0v) is 11.5. The molecule has 0 aliphatic carbocycles. The number of aryl methyl sites for hydroxylation is 1. The van der Waals surface area contributed by atoms with Crippen LogP contribution in [0.4, 0.5) is 0 Å². The number of hydrogen-bond acceptors (Lipinski definition) is 3. The summed E-state index contributed by atoms with van der Waals surface area (Å²) in [6, 6.07) is 14.1. The van der Waals surface area contributed by atoms with Crippen molar-refractivity contribution in [2.24, 2.45) is 0 Å². The van der Waals surface area contributed by atoms with E-state index in [2.05, 4.69) is 36.0 Å². The highest BCUT2D eigenvalue weighted by Crippen LogP contribution is 2.11. The molecule has 0 bridgehead atoms. The molecule has 100 valence electrons. The largest absolute Gasteiger partial charge is 0.492 e. The number of rotatable bonds is 6. The van der Waals surface area contributed by atoms with E-state index in [4.69, 9.17) is 4.74 Å². The predicted octanol–water partition coefficient (Wildman–Crippen LogP) is 2.90. The lowest BCUT2D eigenvalue weighted by atomic mass is 10.2. The fraction of sp³-hybridized carbons (Fsp3) is 0.312. The molecule has 0 spiro atoms. The van der Waals surface area contributed by atoms with Crippen molar-refractivity contribution in [1.82, 2.24) is 9.88 Å². The van der Waals surface area contributed by atoms with Crippen molar-refractivity contribution in [1.29, 1.82) is 0 Å². The summed E-state index contributed by atoms with van der Waals surface area (Å²) in [4.78, 5) is 6.52. The molecule has 1 aromatic carbocycles. The SMILES string of the molecule is Cc1ccc(OCCN(C)Cc2ccccn2)cc1. The molecule has 0 N–H and O–H groups in total. The van der Waals surface area contributed by atoms with Gasteiger partial charge < -0.3 is 4.74 Å². The van der Waals surface area contributed by atoms with Gasteiger partial charge in [-0.1, -0.05) is 23.8 Å². The number of likely N-dealkylation sites (N-methyl/N-ethyl adjacent to an activating group) is 1. The molecule has 0 unspecified atom stereocenters. The molecule has 0 saturated carbocycles. The van der Waals surface area contributed by atoms with E-state index in [1.165, 1.54) is 5.56 Å². The van der Waals surface area contributed by atoms with Crippen LogP contribution < -0.4 is 4.74 Å². The van der Waals surface area contributed by atoms with Crippen LogP contribution in [0.5, 0.6) is 5.75 Å². The second-order valence-electron chi connectivity index (χ2n) is 4.72. The Morgan fingerprint density at radius 1 is 1.11 bits per heavy atom. The fourth-order valence-corrected chi connectivity index (χ4v) is 1.80. The topological polar surface area (TPSA) is 25.4 Å². The standard InChI is InChI=1S/C16H20N2O/c1-14-6-8-16(9-7-14)19-12-11-18(2)13-15-5-3-4-10-17-15/h3-10H,11-13H2,1-2H3. The molecule has 0 aliphatic rings. The van der Waals surface area contributed by atoms with E-state index in [1.807, 2.05) is 36.5 Å². The summed E-state index contributed by atoms with van der Waals surface area (Å²) in [5, 5.41) is 0. The molecule has 0 fully saturated rings. The average Bonchev–Trinajstić information content (AvgIpc) is 2.42. The molecule has 2 aromatic rings. The van der Waals surface area contributed by atoms with Crippen molar-refractivity contribution in [3.8, 4) is 5.75 Å². The van der Waals surface area contributed by atoms with Crippen LogP contribution in [-0.2, 0) is 6.54 Å². The number of ether oxygens (including phenoxy) is 1. The van der Waals surface area contributed by atoms with Gasteiger partial charge in [-0.05, 0) is 38.2 Å². The van der Waals surface area contributed by atoms with Crippen LogP contribution in [0.15, 0.2) is 48.7 Å². The smallest absolute Gasteiger partial charge is 0.119 e. The van der Waals surface area contributed by atoms with Gasteiger partial charge >= 0.3 is 0 Å².